The minimum absolute atomic E-state index is 0.0988. The molecule has 0 saturated heterocycles. The van der Waals surface area contributed by atoms with Gasteiger partial charge >= 0.3 is 5.97 Å². The number of carbonyl (C=O) groups is 1. The van der Waals surface area contributed by atoms with Crippen molar-refractivity contribution >= 4 is 68.6 Å². The first kappa shape index (κ1) is 26.7. The predicted molar refractivity (Wildman–Crippen MR) is 153 cm³/mol. The molecule has 0 radical (unpaired) electrons. The van der Waals surface area contributed by atoms with Crippen molar-refractivity contribution < 1.29 is 24.1 Å². The van der Waals surface area contributed by atoms with Crippen molar-refractivity contribution in [2.24, 2.45) is 4.99 Å². The first-order valence-corrected chi connectivity index (χ1v) is 13.8. The van der Waals surface area contributed by atoms with E-state index in [0.29, 0.717) is 41.2 Å². The normalized spacial score (nSPS) is 15.4. The Morgan fingerprint density at radius 1 is 1.19 bits per heavy atom. The Labute approximate surface area is 238 Å². The van der Waals surface area contributed by atoms with Crippen LogP contribution >= 0.6 is 56.5 Å². The summed E-state index contributed by atoms with van der Waals surface area (Å²) in [4.78, 5) is 31.8. The van der Waals surface area contributed by atoms with Crippen LogP contribution in [0.4, 0.5) is 0 Å². The van der Waals surface area contributed by atoms with Gasteiger partial charge in [0, 0.05) is 9.13 Å². The van der Waals surface area contributed by atoms with Crippen LogP contribution in [0.1, 0.15) is 31.0 Å². The Morgan fingerprint density at radius 3 is 2.58 bits per heavy atom. The number of esters is 1. The van der Waals surface area contributed by atoms with Crippen LogP contribution < -0.4 is 24.4 Å². The van der Waals surface area contributed by atoms with E-state index in [4.69, 9.17) is 14.2 Å². The summed E-state index contributed by atoms with van der Waals surface area (Å²) in [6, 6.07) is 8.13. The average molecular weight is 732 g/mol. The van der Waals surface area contributed by atoms with Crippen LogP contribution in [0.3, 0.4) is 0 Å². The molecule has 1 aromatic heterocycles. The van der Waals surface area contributed by atoms with Gasteiger partial charge in [0.05, 0.1) is 46.2 Å². The van der Waals surface area contributed by atoms with Crippen molar-refractivity contribution in [1.82, 2.24) is 4.57 Å². The Kier molecular flexibility index (Phi) is 8.09. The smallest absolute Gasteiger partial charge is 0.338 e. The van der Waals surface area contributed by atoms with Gasteiger partial charge in [-0.3, -0.25) is 9.36 Å². The number of rotatable bonds is 6. The van der Waals surface area contributed by atoms with Gasteiger partial charge in [-0.2, -0.15) is 0 Å². The number of ether oxygens (including phenoxy) is 3. The Morgan fingerprint density at radius 2 is 1.92 bits per heavy atom. The lowest BCUT2D eigenvalue weighted by Crippen LogP contribution is -2.40. The molecule has 1 aliphatic rings. The van der Waals surface area contributed by atoms with E-state index in [1.54, 1.807) is 44.2 Å². The maximum absolute atomic E-state index is 13.8. The molecular formula is C25H22I2N2O6S. The number of phenolic OH excluding ortho intramolecular Hbond substituents is 1. The third kappa shape index (κ3) is 4.92. The summed E-state index contributed by atoms with van der Waals surface area (Å²) >= 11 is 5.41. The summed E-state index contributed by atoms with van der Waals surface area (Å²) in [5.74, 6) is 0.545. The lowest BCUT2D eigenvalue weighted by molar-refractivity contribution is -0.139. The summed E-state index contributed by atoms with van der Waals surface area (Å²) in [6.07, 6.45) is 1.65. The van der Waals surface area contributed by atoms with Crippen LogP contribution in [0.5, 0.6) is 17.2 Å². The van der Waals surface area contributed by atoms with Crippen LogP contribution in [0.15, 0.2) is 51.4 Å². The fourth-order valence-electron chi connectivity index (χ4n) is 3.97. The number of halogens is 2. The summed E-state index contributed by atoms with van der Waals surface area (Å²) in [7, 11) is 3.06. The monoisotopic (exact) mass is 732 g/mol. The Bertz CT molecular complexity index is 1570. The third-order valence-corrected chi connectivity index (χ3v) is 8.01. The number of benzene rings is 2. The molecule has 4 rings (SSSR count). The molecule has 0 spiro atoms. The first-order chi connectivity index (χ1) is 17.2. The molecule has 11 heteroatoms. The van der Waals surface area contributed by atoms with Crippen LogP contribution in [0.2, 0.25) is 0 Å². The van der Waals surface area contributed by atoms with Crippen molar-refractivity contribution in [2.75, 3.05) is 20.8 Å². The van der Waals surface area contributed by atoms with E-state index in [-0.39, 0.29) is 23.5 Å². The van der Waals surface area contributed by atoms with Crippen molar-refractivity contribution in [3.63, 3.8) is 0 Å². The maximum atomic E-state index is 13.8. The number of phenols is 1. The van der Waals surface area contributed by atoms with Gasteiger partial charge in [-0.25, -0.2) is 9.79 Å². The van der Waals surface area contributed by atoms with Crippen molar-refractivity contribution in [3.05, 3.63) is 79.6 Å². The van der Waals surface area contributed by atoms with Gasteiger partial charge < -0.3 is 19.3 Å². The third-order valence-electron chi connectivity index (χ3n) is 5.58. The van der Waals surface area contributed by atoms with E-state index in [1.165, 1.54) is 30.1 Å². The second kappa shape index (κ2) is 10.9. The van der Waals surface area contributed by atoms with Crippen molar-refractivity contribution in [3.8, 4) is 17.2 Å². The van der Waals surface area contributed by atoms with Gasteiger partial charge in [0.25, 0.3) is 5.56 Å². The highest BCUT2D eigenvalue weighted by Gasteiger charge is 2.34. The molecule has 0 saturated carbocycles. The van der Waals surface area contributed by atoms with E-state index in [2.05, 4.69) is 50.2 Å². The van der Waals surface area contributed by atoms with Crippen LogP contribution in [0, 0.1) is 7.14 Å². The standard InChI is InChI=1S/C25H22I2N2O6S/c1-5-35-24(32)20-12(2)28-25-29(21(20)13-6-7-17(33-3)18(9-13)34-4)23(31)19(36-25)10-14-8-15(26)11-16(27)22(14)30/h6-11,21,30H,5H2,1-4H3. The zero-order chi connectivity index (χ0) is 26.1. The van der Waals surface area contributed by atoms with Gasteiger partial charge in [-0.1, -0.05) is 17.4 Å². The summed E-state index contributed by atoms with van der Waals surface area (Å²) < 4.78 is 19.7. The molecule has 3 aromatic rings. The van der Waals surface area contributed by atoms with E-state index < -0.39 is 12.0 Å². The van der Waals surface area contributed by atoms with Gasteiger partial charge in [0.15, 0.2) is 16.3 Å². The highest BCUT2D eigenvalue weighted by molar-refractivity contribution is 14.1. The zero-order valence-electron chi connectivity index (χ0n) is 19.8. The highest BCUT2D eigenvalue weighted by atomic mass is 127. The van der Waals surface area contributed by atoms with E-state index in [1.807, 2.05) is 6.07 Å². The fraction of sp³-hybridized carbons (Fsp3) is 0.240. The van der Waals surface area contributed by atoms with E-state index in [0.717, 1.165) is 3.57 Å². The van der Waals surface area contributed by atoms with Gasteiger partial charge in [-0.05, 0) is 94.9 Å². The number of allylic oxidation sites excluding steroid dienone is 1. The van der Waals surface area contributed by atoms with Crippen molar-refractivity contribution in [2.45, 2.75) is 19.9 Å². The van der Waals surface area contributed by atoms with Gasteiger partial charge in [0.1, 0.15) is 5.75 Å². The lowest BCUT2D eigenvalue weighted by Gasteiger charge is -2.25. The number of nitrogens with zero attached hydrogens (tertiary/aromatic N) is 2. The minimum Gasteiger partial charge on any atom is -0.506 e. The molecule has 2 heterocycles. The summed E-state index contributed by atoms with van der Waals surface area (Å²) in [5.41, 5.74) is 1.58. The predicted octanol–water partition coefficient (Wildman–Crippen LogP) is 3.73. The maximum Gasteiger partial charge on any atom is 0.338 e. The second-order valence-corrected chi connectivity index (χ2v) is 11.2. The average Bonchev–Trinajstić information content (AvgIpc) is 3.15. The molecule has 0 aliphatic carbocycles. The summed E-state index contributed by atoms with van der Waals surface area (Å²) in [5, 5.41) is 10.6. The first-order valence-electron chi connectivity index (χ1n) is 10.8. The van der Waals surface area contributed by atoms with Crippen LogP contribution in [0.25, 0.3) is 6.08 Å². The second-order valence-electron chi connectivity index (χ2n) is 7.74. The lowest BCUT2D eigenvalue weighted by atomic mass is 9.95. The number of carbonyl (C=O) groups excluding carboxylic acids is 1. The van der Waals surface area contributed by atoms with Gasteiger partial charge in [-0.15, -0.1) is 0 Å². The number of fused-ring (bicyclic) bond motifs is 1. The largest absolute Gasteiger partial charge is 0.506 e. The molecule has 188 valence electrons. The van der Waals surface area contributed by atoms with Crippen LogP contribution in [-0.4, -0.2) is 36.5 Å². The number of hydrogen-bond donors (Lipinski definition) is 1. The molecule has 36 heavy (non-hydrogen) atoms. The van der Waals surface area contributed by atoms with Crippen molar-refractivity contribution in [1.29, 1.82) is 0 Å². The summed E-state index contributed by atoms with van der Waals surface area (Å²) in [6.45, 7) is 3.64. The number of methoxy groups -OCH3 is 2. The molecule has 8 nitrogen and oxygen atoms in total. The zero-order valence-corrected chi connectivity index (χ0v) is 24.9. The quantitative estimate of drug-likeness (QED) is 0.307. The fourth-order valence-corrected chi connectivity index (χ4v) is 6.89. The molecule has 2 aromatic carbocycles. The molecular weight excluding hydrogens is 710 g/mol. The SMILES string of the molecule is CCOC(=O)C1=C(C)N=c2sc(=Cc3cc(I)cc(I)c3O)c(=O)n2C1c1ccc(OC)c(OC)c1. The van der Waals surface area contributed by atoms with E-state index in [9.17, 15) is 14.7 Å². The number of aromatic hydroxyl groups is 1. The Balaban J connectivity index is 2.00. The highest BCUT2D eigenvalue weighted by Crippen LogP contribution is 2.36. The molecule has 1 atom stereocenters. The molecule has 0 amide bonds. The molecule has 0 fully saturated rings. The minimum atomic E-state index is -0.785. The molecule has 0 bridgehead atoms. The van der Waals surface area contributed by atoms with Crippen LogP contribution in [-0.2, 0) is 9.53 Å². The number of thiazole rings is 1. The van der Waals surface area contributed by atoms with E-state index >= 15 is 0 Å². The number of hydrogen-bond acceptors (Lipinski definition) is 8. The Hall–Kier alpha value is -2.39. The van der Waals surface area contributed by atoms with Gasteiger partial charge in [0.2, 0.25) is 0 Å². The molecule has 1 aliphatic heterocycles. The molecule has 1 N–H and O–H groups in total. The molecule has 1 unspecified atom stereocenters. The number of aromatic nitrogens is 1. The topological polar surface area (TPSA) is 99.4 Å².